The Hall–Kier alpha value is -2.27. The molecule has 0 aliphatic carbocycles. The van der Waals surface area contributed by atoms with E-state index in [0.29, 0.717) is 10.7 Å². The van der Waals surface area contributed by atoms with Gasteiger partial charge in [-0.2, -0.15) is 4.57 Å². The number of nitrogens with zero attached hydrogens (tertiary/aromatic N) is 2. The quantitative estimate of drug-likeness (QED) is 0.283. The third-order valence-corrected chi connectivity index (χ3v) is 2.94. The van der Waals surface area contributed by atoms with E-state index in [-0.39, 0.29) is 18.0 Å². The lowest BCUT2D eigenvalue weighted by atomic mass is 10.1. The number of nitro benzene ring substituents is 1. The van der Waals surface area contributed by atoms with Crippen LogP contribution in [0.15, 0.2) is 48.7 Å². The molecule has 0 fully saturated rings. The van der Waals surface area contributed by atoms with Crippen molar-refractivity contribution in [1.82, 2.24) is 0 Å². The van der Waals surface area contributed by atoms with Crippen molar-refractivity contribution in [3.05, 3.63) is 69.5 Å². The van der Waals surface area contributed by atoms with Gasteiger partial charge in [0.1, 0.15) is 0 Å². The minimum absolute atomic E-state index is 0.0399. The normalized spacial score (nSPS) is 10.2. The van der Waals surface area contributed by atoms with Crippen molar-refractivity contribution in [2.24, 2.45) is 0 Å². The summed E-state index contributed by atoms with van der Waals surface area (Å²) < 4.78 is 1.60. The Morgan fingerprint density at radius 2 is 1.89 bits per heavy atom. The lowest BCUT2D eigenvalue weighted by Crippen LogP contribution is -2.38. The standard InChI is InChI=1S/C13H10ClN2O3/c14-13-3-1-2-8-15(13)9-12(17)10-4-6-11(7-5-10)16(18)19/h1-8H,9H2/q+1. The van der Waals surface area contributed by atoms with Gasteiger partial charge >= 0.3 is 0 Å². The van der Waals surface area contributed by atoms with Crippen LogP contribution in [0, 0.1) is 10.1 Å². The average Bonchev–Trinajstić information content (AvgIpc) is 2.41. The van der Waals surface area contributed by atoms with E-state index in [1.54, 1.807) is 29.0 Å². The summed E-state index contributed by atoms with van der Waals surface area (Å²) in [6.07, 6.45) is 1.70. The largest absolute Gasteiger partial charge is 0.287 e. The second-order valence-electron chi connectivity index (χ2n) is 3.88. The molecule has 0 atom stereocenters. The number of carbonyl (C=O) groups excluding carboxylic acids is 1. The molecule has 1 heterocycles. The first-order chi connectivity index (χ1) is 9.08. The number of aromatic nitrogens is 1. The molecule has 0 amide bonds. The minimum atomic E-state index is -0.503. The number of hydrogen-bond acceptors (Lipinski definition) is 3. The summed E-state index contributed by atoms with van der Waals surface area (Å²) in [5, 5.41) is 11.0. The lowest BCUT2D eigenvalue weighted by Gasteiger charge is -1.99. The van der Waals surface area contributed by atoms with Gasteiger partial charge in [0.25, 0.3) is 10.8 Å². The molecule has 1 aromatic heterocycles. The van der Waals surface area contributed by atoms with Crippen molar-refractivity contribution in [3.8, 4) is 0 Å². The molecule has 2 rings (SSSR count). The van der Waals surface area contributed by atoms with Crippen molar-refractivity contribution in [3.63, 3.8) is 0 Å². The van der Waals surface area contributed by atoms with E-state index < -0.39 is 4.92 Å². The maximum atomic E-state index is 12.0. The smallest absolute Gasteiger partial charge is 0.275 e. The molecule has 0 bridgehead atoms. The number of nitro groups is 1. The van der Waals surface area contributed by atoms with Crippen LogP contribution in [0.1, 0.15) is 10.4 Å². The third-order valence-electron chi connectivity index (χ3n) is 2.60. The van der Waals surface area contributed by atoms with Crippen molar-refractivity contribution in [2.75, 3.05) is 0 Å². The number of ketones is 1. The zero-order chi connectivity index (χ0) is 13.8. The molecule has 0 saturated heterocycles. The summed E-state index contributed by atoms with van der Waals surface area (Å²) in [4.78, 5) is 22.0. The topological polar surface area (TPSA) is 64.1 Å². The first-order valence-corrected chi connectivity index (χ1v) is 5.87. The van der Waals surface area contributed by atoms with E-state index in [9.17, 15) is 14.9 Å². The van der Waals surface area contributed by atoms with E-state index in [1.165, 1.54) is 24.3 Å². The van der Waals surface area contributed by atoms with Gasteiger partial charge < -0.3 is 0 Å². The number of hydrogen-bond donors (Lipinski definition) is 0. The van der Waals surface area contributed by atoms with Gasteiger partial charge in [-0.3, -0.25) is 14.9 Å². The number of carbonyl (C=O) groups is 1. The van der Waals surface area contributed by atoms with Gasteiger partial charge in [0.05, 0.1) is 4.92 Å². The van der Waals surface area contributed by atoms with Crippen LogP contribution in [-0.2, 0) is 6.54 Å². The average molecular weight is 278 g/mol. The number of benzene rings is 1. The van der Waals surface area contributed by atoms with Crippen molar-refractivity contribution in [2.45, 2.75) is 6.54 Å². The SMILES string of the molecule is O=C(C[n+]1ccccc1Cl)c1ccc([N+](=O)[O-])cc1. The molecule has 0 aliphatic heterocycles. The summed E-state index contributed by atoms with van der Waals surface area (Å²) in [6.45, 7) is 0.0947. The van der Waals surface area contributed by atoms with Gasteiger partial charge in [-0.05, 0) is 29.8 Å². The van der Waals surface area contributed by atoms with Crippen molar-refractivity contribution < 1.29 is 14.3 Å². The lowest BCUT2D eigenvalue weighted by molar-refractivity contribution is -0.681. The first-order valence-electron chi connectivity index (χ1n) is 5.49. The zero-order valence-electron chi connectivity index (χ0n) is 9.82. The van der Waals surface area contributed by atoms with E-state index >= 15 is 0 Å². The summed E-state index contributed by atoms with van der Waals surface area (Å²) >= 11 is 5.94. The molecule has 1 aromatic carbocycles. The first kappa shape index (κ1) is 13.2. The van der Waals surface area contributed by atoms with Crippen LogP contribution >= 0.6 is 11.6 Å². The van der Waals surface area contributed by atoms with Crippen LogP contribution in [0.3, 0.4) is 0 Å². The predicted molar refractivity (Wildman–Crippen MR) is 69.1 cm³/mol. The maximum absolute atomic E-state index is 12.0. The van der Waals surface area contributed by atoms with Gasteiger partial charge in [-0.15, -0.1) is 0 Å². The van der Waals surface area contributed by atoms with Crippen LogP contribution in [-0.4, -0.2) is 10.7 Å². The number of rotatable bonds is 4. The Morgan fingerprint density at radius 3 is 2.47 bits per heavy atom. The Kier molecular flexibility index (Phi) is 3.87. The molecule has 6 heteroatoms. The summed E-state index contributed by atoms with van der Waals surface area (Å²) in [6, 6.07) is 10.7. The molecule has 19 heavy (non-hydrogen) atoms. The van der Waals surface area contributed by atoms with Crippen LogP contribution in [0.4, 0.5) is 5.69 Å². The highest BCUT2D eigenvalue weighted by Crippen LogP contribution is 2.12. The summed E-state index contributed by atoms with van der Waals surface area (Å²) in [5.41, 5.74) is 0.375. The molecule has 0 radical (unpaired) electrons. The molecule has 0 aliphatic rings. The molecule has 0 spiro atoms. The Balaban J connectivity index is 2.16. The molecule has 0 unspecified atom stereocenters. The van der Waals surface area contributed by atoms with Crippen LogP contribution in [0.25, 0.3) is 0 Å². The highest BCUT2D eigenvalue weighted by molar-refractivity contribution is 6.28. The zero-order valence-corrected chi connectivity index (χ0v) is 10.6. The fourth-order valence-corrected chi connectivity index (χ4v) is 1.79. The predicted octanol–water partition coefficient (Wildman–Crippen LogP) is 2.42. The fraction of sp³-hybridized carbons (Fsp3) is 0.0769. The van der Waals surface area contributed by atoms with E-state index in [4.69, 9.17) is 11.6 Å². The van der Waals surface area contributed by atoms with Gasteiger partial charge in [-0.1, -0.05) is 0 Å². The Bertz CT molecular complexity index is 626. The van der Waals surface area contributed by atoms with Gasteiger partial charge in [0.2, 0.25) is 12.3 Å². The summed E-state index contributed by atoms with van der Waals surface area (Å²) in [7, 11) is 0. The number of halogens is 1. The molecular weight excluding hydrogens is 268 g/mol. The second-order valence-corrected chi connectivity index (χ2v) is 4.27. The Labute approximate surface area is 114 Å². The summed E-state index contributed by atoms with van der Waals surface area (Å²) in [5.74, 6) is -0.159. The minimum Gasteiger partial charge on any atom is -0.287 e. The molecule has 5 nitrogen and oxygen atoms in total. The highest BCUT2D eigenvalue weighted by Gasteiger charge is 2.15. The molecule has 96 valence electrons. The maximum Gasteiger partial charge on any atom is 0.275 e. The van der Waals surface area contributed by atoms with E-state index in [1.807, 2.05) is 0 Å². The number of Topliss-reactive ketones (excluding diaryl/α,β-unsaturated/α-hetero) is 1. The van der Waals surface area contributed by atoms with E-state index in [2.05, 4.69) is 0 Å². The molecule has 0 saturated carbocycles. The van der Waals surface area contributed by atoms with Gasteiger partial charge in [0.15, 0.2) is 6.20 Å². The van der Waals surface area contributed by atoms with Gasteiger partial charge in [-0.25, -0.2) is 0 Å². The fourth-order valence-electron chi connectivity index (χ4n) is 1.60. The van der Waals surface area contributed by atoms with Crippen molar-refractivity contribution in [1.29, 1.82) is 0 Å². The molecular formula is C13H10ClN2O3+. The Morgan fingerprint density at radius 1 is 1.21 bits per heavy atom. The monoisotopic (exact) mass is 277 g/mol. The van der Waals surface area contributed by atoms with Crippen molar-refractivity contribution >= 4 is 23.1 Å². The molecule has 2 aromatic rings. The number of pyridine rings is 1. The molecule has 0 N–H and O–H groups in total. The highest BCUT2D eigenvalue weighted by atomic mass is 35.5. The van der Waals surface area contributed by atoms with E-state index in [0.717, 1.165) is 0 Å². The van der Waals surface area contributed by atoms with Gasteiger partial charge in [0, 0.05) is 29.8 Å². The van der Waals surface area contributed by atoms with Crippen LogP contribution < -0.4 is 4.57 Å². The van der Waals surface area contributed by atoms with Crippen LogP contribution in [0.5, 0.6) is 0 Å². The van der Waals surface area contributed by atoms with Crippen LogP contribution in [0.2, 0.25) is 5.15 Å². The third kappa shape index (κ3) is 3.14. The number of non-ortho nitro benzene ring substituents is 1. The second kappa shape index (κ2) is 5.58.